The van der Waals surface area contributed by atoms with E-state index >= 15 is 0 Å². The zero-order valence-corrected chi connectivity index (χ0v) is 9.43. The first kappa shape index (κ1) is 11.0. The maximum Gasteiger partial charge on any atom is 0.0960 e. The summed E-state index contributed by atoms with van der Waals surface area (Å²) in [6.07, 6.45) is 3.61. The summed E-state index contributed by atoms with van der Waals surface area (Å²) in [5.41, 5.74) is 8.47. The van der Waals surface area contributed by atoms with Crippen LogP contribution in [0.25, 0.3) is 11.0 Å². The number of nitrogens with zero attached hydrogens (tertiary/aromatic N) is 2. The van der Waals surface area contributed by atoms with Gasteiger partial charge in [0.05, 0.1) is 17.4 Å². The molecule has 2 aromatic rings. The Hall–Kier alpha value is -1.55. The lowest BCUT2D eigenvalue weighted by atomic mass is 10.2. The lowest BCUT2D eigenvalue weighted by molar-refractivity contribution is 0.274. The molecule has 3 N–H and O–H groups in total. The van der Waals surface area contributed by atoms with Crippen LogP contribution in [0.1, 0.15) is 25.8 Å². The van der Waals surface area contributed by atoms with Crippen molar-refractivity contribution in [3.05, 3.63) is 24.5 Å². The number of anilines is 1. The molecule has 0 aliphatic heterocycles. The van der Waals surface area contributed by atoms with Crippen molar-refractivity contribution in [2.24, 2.45) is 0 Å². The van der Waals surface area contributed by atoms with Gasteiger partial charge in [0.15, 0.2) is 0 Å². The van der Waals surface area contributed by atoms with E-state index in [0.29, 0.717) is 6.04 Å². The summed E-state index contributed by atoms with van der Waals surface area (Å²) in [5.74, 6) is 0. The fourth-order valence-corrected chi connectivity index (χ4v) is 1.93. The van der Waals surface area contributed by atoms with Crippen molar-refractivity contribution < 1.29 is 5.11 Å². The number of rotatable bonds is 4. The fourth-order valence-electron chi connectivity index (χ4n) is 1.93. The van der Waals surface area contributed by atoms with Crippen LogP contribution < -0.4 is 5.73 Å². The van der Waals surface area contributed by atoms with E-state index in [1.165, 1.54) is 0 Å². The summed E-state index contributed by atoms with van der Waals surface area (Å²) in [6, 6.07) is 6.11. The first-order valence-electron chi connectivity index (χ1n) is 5.55. The van der Waals surface area contributed by atoms with Crippen LogP contribution in [0.2, 0.25) is 0 Å². The highest BCUT2D eigenvalue weighted by Gasteiger charge is 2.08. The van der Waals surface area contributed by atoms with Gasteiger partial charge in [-0.1, -0.05) is 0 Å². The maximum absolute atomic E-state index is 8.82. The van der Waals surface area contributed by atoms with Gasteiger partial charge in [0, 0.05) is 18.3 Å². The van der Waals surface area contributed by atoms with Crippen molar-refractivity contribution >= 4 is 16.7 Å². The minimum atomic E-state index is 0.240. The Bertz CT molecular complexity index is 478. The quantitative estimate of drug-likeness (QED) is 0.772. The molecule has 1 heterocycles. The Morgan fingerprint density at radius 1 is 1.50 bits per heavy atom. The number of aliphatic hydroxyl groups is 1. The predicted molar refractivity (Wildman–Crippen MR) is 65.2 cm³/mol. The van der Waals surface area contributed by atoms with Crippen LogP contribution in [-0.2, 0) is 0 Å². The van der Waals surface area contributed by atoms with E-state index in [0.717, 1.165) is 29.6 Å². The molecular formula is C12H17N3O. The molecule has 4 heteroatoms. The topological polar surface area (TPSA) is 64.1 Å². The number of aliphatic hydroxyl groups excluding tert-OH is 1. The fraction of sp³-hybridized carbons (Fsp3) is 0.417. The van der Waals surface area contributed by atoms with Gasteiger partial charge in [0.2, 0.25) is 0 Å². The third-order valence-electron chi connectivity index (χ3n) is 2.85. The van der Waals surface area contributed by atoms with Gasteiger partial charge in [-0.2, -0.15) is 0 Å². The van der Waals surface area contributed by atoms with Gasteiger partial charge in [-0.25, -0.2) is 4.98 Å². The molecule has 1 aromatic heterocycles. The van der Waals surface area contributed by atoms with Crippen molar-refractivity contribution in [3.63, 3.8) is 0 Å². The Balaban J connectivity index is 2.31. The molecule has 16 heavy (non-hydrogen) atoms. The predicted octanol–water partition coefficient (Wildman–Crippen LogP) is 1.95. The van der Waals surface area contributed by atoms with Crippen LogP contribution in [0.15, 0.2) is 24.5 Å². The van der Waals surface area contributed by atoms with Gasteiger partial charge >= 0.3 is 0 Å². The largest absolute Gasteiger partial charge is 0.399 e. The summed E-state index contributed by atoms with van der Waals surface area (Å²) >= 11 is 0. The number of fused-ring (bicyclic) bond motifs is 1. The second-order valence-electron chi connectivity index (χ2n) is 4.11. The van der Waals surface area contributed by atoms with E-state index in [1.54, 1.807) is 0 Å². The number of imidazole rings is 1. The molecule has 0 amide bonds. The molecule has 0 saturated heterocycles. The second-order valence-corrected chi connectivity index (χ2v) is 4.11. The lowest BCUT2D eigenvalue weighted by Crippen LogP contribution is -2.04. The van der Waals surface area contributed by atoms with E-state index in [-0.39, 0.29) is 6.61 Å². The smallest absolute Gasteiger partial charge is 0.0960 e. The van der Waals surface area contributed by atoms with E-state index in [4.69, 9.17) is 10.8 Å². The molecule has 0 bridgehead atoms. The first-order valence-corrected chi connectivity index (χ1v) is 5.55. The highest BCUT2D eigenvalue weighted by molar-refractivity contribution is 5.79. The van der Waals surface area contributed by atoms with Crippen LogP contribution in [0.3, 0.4) is 0 Å². The molecule has 4 nitrogen and oxygen atoms in total. The highest BCUT2D eigenvalue weighted by atomic mass is 16.2. The van der Waals surface area contributed by atoms with Crippen LogP contribution >= 0.6 is 0 Å². The molecule has 0 saturated carbocycles. The molecule has 0 spiro atoms. The Morgan fingerprint density at radius 2 is 2.31 bits per heavy atom. The molecule has 0 aliphatic rings. The third-order valence-corrected chi connectivity index (χ3v) is 2.85. The molecular weight excluding hydrogens is 202 g/mol. The van der Waals surface area contributed by atoms with Crippen molar-refractivity contribution in [1.82, 2.24) is 9.55 Å². The SMILES string of the molecule is CC(CCCO)n1cnc2cc(N)ccc21. The Labute approximate surface area is 94.7 Å². The van der Waals surface area contributed by atoms with Crippen LogP contribution in [-0.4, -0.2) is 21.3 Å². The first-order chi connectivity index (χ1) is 7.72. The number of nitrogens with two attached hydrogens (primary N) is 1. The second kappa shape index (κ2) is 4.53. The van der Waals surface area contributed by atoms with E-state index in [9.17, 15) is 0 Å². The molecule has 0 aliphatic carbocycles. The minimum Gasteiger partial charge on any atom is -0.399 e. The number of aromatic nitrogens is 2. The number of hydrogen-bond donors (Lipinski definition) is 2. The molecule has 0 fully saturated rings. The normalized spacial score (nSPS) is 13.1. The van der Waals surface area contributed by atoms with Crippen molar-refractivity contribution in [2.75, 3.05) is 12.3 Å². The highest BCUT2D eigenvalue weighted by Crippen LogP contribution is 2.22. The maximum atomic E-state index is 8.82. The van der Waals surface area contributed by atoms with E-state index < -0.39 is 0 Å². The average Bonchev–Trinajstić information content (AvgIpc) is 2.68. The average molecular weight is 219 g/mol. The van der Waals surface area contributed by atoms with Crippen molar-refractivity contribution in [1.29, 1.82) is 0 Å². The monoisotopic (exact) mass is 219 g/mol. The van der Waals surface area contributed by atoms with Gasteiger partial charge < -0.3 is 15.4 Å². The van der Waals surface area contributed by atoms with Gasteiger partial charge in [0.1, 0.15) is 0 Å². The molecule has 2 rings (SSSR count). The van der Waals surface area contributed by atoms with Gasteiger partial charge in [-0.15, -0.1) is 0 Å². The summed E-state index contributed by atoms with van der Waals surface area (Å²) in [6.45, 7) is 2.37. The molecule has 1 atom stereocenters. The third kappa shape index (κ3) is 2.02. The summed E-state index contributed by atoms with van der Waals surface area (Å²) in [5, 5.41) is 8.82. The standard InChI is InChI=1S/C12H17N3O/c1-9(3-2-6-16)15-8-14-11-7-10(13)4-5-12(11)15/h4-5,7-9,16H,2-3,6,13H2,1H3. The number of nitrogen functional groups attached to an aromatic ring is 1. The summed E-state index contributed by atoms with van der Waals surface area (Å²) < 4.78 is 2.13. The van der Waals surface area contributed by atoms with E-state index in [2.05, 4.69) is 16.5 Å². The van der Waals surface area contributed by atoms with Crippen molar-refractivity contribution in [2.45, 2.75) is 25.8 Å². The zero-order valence-electron chi connectivity index (χ0n) is 9.43. The van der Waals surface area contributed by atoms with Gasteiger partial charge in [-0.05, 0) is 38.0 Å². The Kier molecular flexibility index (Phi) is 3.10. The van der Waals surface area contributed by atoms with Gasteiger partial charge in [0.25, 0.3) is 0 Å². The Morgan fingerprint density at radius 3 is 3.06 bits per heavy atom. The number of hydrogen-bond acceptors (Lipinski definition) is 3. The molecule has 1 aromatic carbocycles. The van der Waals surface area contributed by atoms with Crippen LogP contribution in [0, 0.1) is 0 Å². The number of benzene rings is 1. The molecule has 0 radical (unpaired) electrons. The molecule has 86 valence electrons. The van der Waals surface area contributed by atoms with Crippen LogP contribution in [0.4, 0.5) is 5.69 Å². The molecule has 1 unspecified atom stereocenters. The zero-order chi connectivity index (χ0) is 11.5. The lowest BCUT2D eigenvalue weighted by Gasteiger charge is -2.13. The van der Waals surface area contributed by atoms with Crippen LogP contribution in [0.5, 0.6) is 0 Å². The van der Waals surface area contributed by atoms with E-state index in [1.807, 2.05) is 24.5 Å². The van der Waals surface area contributed by atoms with Gasteiger partial charge in [-0.3, -0.25) is 0 Å². The summed E-state index contributed by atoms with van der Waals surface area (Å²) in [4.78, 5) is 4.33. The summed E-state index contributed by atoms with van der Waals surface area (Å²) in [7, 11) is 0. The minimum absolute atomic E-state index is 0.240. The van der Waals surface area contributed by atoms with Crippen molar-refractivity contribution in [3.8, 4) is 0 Å².